The largest absolute Gasteiger partial charge is 0.416 e. The van der Waals surface area contributed by atoms with E-state index in [0.29, 0.717) is 31.7 Å². The minimum absolute atomic E-state index is 0.141. The third kappa shape index (κ3) is 3.86. The van der Waals surface area contributed by atoms with E-state index in [9.17, 15) is 18.0 Å². The van der Waals surface area contributed by atoms with Gasteiger partial charge in [-0.05, 0) is 24.5 Å². The van der Waals surface area contributed by atoms with Crippen LogP contribution in [0.5, 0.6) is 0 Å². The summed E-state index contributed by atoms with van der Waals surface area (Å²) in [6.07, 6.45) is -1.18. The SMILES string of the molecule is O=C(C1CCC1)N1CCOC(Cc2cccc(C(F)(F)F)c2)C1. The first-order valence-electron chi connectivity index (χ1n) is 8.00. The molecule has 126 valence electrons. The molecule has 1 saturated carbocycles. The molecule has 0 spiro atoms. The summed E-state index contributed by atoms with van der Waals surface area (Å²) >= 11 is 0. The van der Waals surface area contributed by atoms with Gasteiger partial charge in [0.1, 0.15) is 0 Å². The Kier molecular flexibility index (Phi) is 4.62. The smallest absolute Gasteiger partial charge is 0.374 e. The Balaban J connectivity index is 1.62. The molecule has 1 aromatic rings. The van der Waals surface area contributed by atoms with Crippen molar-refractivity contribution < 1.29 is 22.7 Å². The van der Waals surface area contributed by atoms with Crippen molar-refractivity contribution in [1.82, 2.24) is 4.90 Å². The van der Waals surface area contributed by atoms with E-state index in [4.69, 9.17) is 4.74 Å². The molecule has 3 nitrogen and oxygen atoms in total. The molecule has 23 heavy (non-hydrogen) atoms. The van der Waals surface area contributed by atoms with Crippen molar-refractivity contribution in [2.45, 2.75) is 38.0 Å². The molecule has 1 aliphatic heterocycles. The van der Waals surface area contributed by atoms with Crippen LogP contribution in [0.15, 0.2) is 24.3 Å². The lowest BCUT2D eigenvalue weighted by Gasteiger charge is -2.37. The van der Waals surface area contributed by atoms with Crippen molar-refractivity contribution in [1.29, 1.82) is 0 Å². The lowest BCUT2D eigenvalue weighted by molar-refractivity contribution is -0.145. The molecule has 1 heterocycles. The van der Waals surface area contributed by atoms with Crippen LogP contribution in [0.3, 0.4) is 0 Å². The molecule has 0 bridgehead atoms. The van der Waals surface area contributed by atoms with E-state index >= 15 is 0 Å². The van der Waals surface area contributed by atoms with E-state index in [1.807, 2.05) is 4.90 Å². The Bertz CT molecular complexity index is 569. The van der Waals surface area contributed by atoms with Gasteiger partial charge >= 0.3 is 6.18 Å². The van der Waals surface area contributed by atoms with Gasteiger partial charge in [-0.3, -0.25) is 4.79 Å². The fourth-order valence-electron chi connectivity index (χ4n) is 3.09. The fourth-order valence-corrected chi connectivity index (χ4v) is 3.09. The number of benzene rings is 1. The van der Waals surface area contributed by atoms with Crippen LogP contribution in [-0.4, -0.2) is 36.6 Å². The third-order valence-corrected chi connectivity index (χ3v) is 4.62. The number of carbonyl (C=O) groups is 1. The quantitative estimate of drug-likeness (QED) is 0.853. The van der Waals surface area contributed by atoms with E-state index in [1.54, 1.807) is 6.07 Å². The first kappa shape index (κ1) is 16.3. The highest BCUT2D eigenvalue weighted by molar-refractivity contribution is 5.79. The van der Waals surface area contributed by atoms with Gasteiger partial charge in [0, 0.05) is 25.4 Å². The number of carbonyl (C=O) groups excluding carboxylic acids is 1. The lowest BCUT2D eigenvalue weighted by Crippen LogP contribution is -2.49. The van der Waals surface area contributed by atoms with E-state index in [0.717, 1.165) is 31.4 Å². The maximum Gasteiger partial charge on any atom is 0.416 e. The number of alkyl halides is 3. The van der Waals surface area contributed by atoms with Gasteiger partial charge < -0.3 is 9.64 Å². The summed E-state index contributed by atoms with van der Waals surface area (Å²) in [4.78, 5) is 14.1. The van der Waals surface area contributed by atoms with E-state index in [2.05, 4.69) is 0 Å². The third-order valence-electron chi connectivity index (χ3n) is 4.62. The summed E-state index contributed by atoms with van der Waals surface area (Å²) in [5, 5.41) is 0. The van der Waals surface area contributed by atoms with Gasteiger partial charge in [-0.2, -0.15) is 13.2 Å². The first-order chi connectivity index (χ1) is 10.9. The van der Waals surface area contributed by atoms with Crippen molar-refractivity contribution in [2.75, 3.05) is 19.7 Å². The topological polar surface area (TPSA) is 29.5 Å². The molecular weight excluding hydrogens is 307 g/mol. The highest BCUT2D eigenvalue weighted by atomic mass is 19.4. The fraction of sp³-hybridized carbons (Fsp3) is 0.588. The molecule has 3 rings (SSSR count). The van der Waals surface area contributed by atoms with Crippen LogP contribution in [0, 0.1) is 5.92 Å². The maximum absolute atomic E-state index is 12.8. The molecule has 1 amide bonds. The van der Waals surface area contributed by atoms with Crippen LogP contribution in [0.4, 0.5) is 13.2 Å². The second kappa shape index (κ2) is 6.51. The molecule has 1 unspecified atom stereocenters. The maximum atomic E-state index is 12.8. The molecule has 2 aliphatic rings. The van der Waals surface area contributed by atoms with Crippen molar-refractivity contribution in [3.63, 3.8) is 0 Å². The predicted molar refractivity (Wildman–Crippen MR) is 78.8 cm³/mol. The average Bonchev–Trinajstić information content (AvgIpc) is 2.45. The molecule has 0 aromatic heterocycles. The number of amides is 1. The summed E-state index contributed by atoms with van der Waals surface area (Å²) in [5.41, 5.74) is -0.0593. The van der Waals surface area contributed by atoms with Crippen LogP contribution < -0.4 is 0 Å². The molecule has 6 heteroatoms. The van der Waals surface area contributed by atoms with E-state index in [-0.39, 0.29) is 17.9 Å². The number of morpholine rings is 1. The van der Waals surface area contributed by atoms with Crippen LogP contribution in [-0.2, 0) is 22.1 Å². The van der Waals surface area contributed by atoms with Gasteiger partial charge in [-0.1, -0.05) is 24.6 Å². The number of hydrogen-bond donors (Lipinski definition) is 0. The van der Waals surface area contributed by atoms with E-state index in [1.165, 1.54) is 6.07 Å². The average molecular weight is 327 g/mol. The number of rotatable bonds is 3. The number of ether oxygens (including phenoxy) is 1. The molecule has 0 N–H and O–H groups in total. The minimum atomic E-state index is -4.34. The van der Waals surface area contributed by atoms with Crippen molar-refractivity contribution in [3.8, 4) is 0 Å². The second-order valence-electron chi connectivity index (χ2n) is 6.31. The van der Waals surface area contributed by atoms with Gasteiger partial charge in [0.2, 0.25) is 5.91 Å². The van der Waals surface area contributed by atoms with Crippen molar-refractivity contribution in [2.24, 2.45) is 5.92 Å². The molecule has 1 saturated heterocycles. The van der Waals surface area contributed by atoms with Gasteiger partial charge in [-0.25, -0.2) is 0 Å². The summed E-state index contributed by atoms with van der Waals surface area (Å²) in [6, 6.07) is 5.32. The zero-order valence-electron chi connectivity index (χ0n) is 12.8. The number of halogens is 3. The summed E-state index contributed by atoms with van der Waals surface area (Å²) in [7, 11) is 0. The Morgan fingerprint density at radius 3 is 2.74 bits per heavy atom. The molecule has 0 radical (unpaired) electrons. The molecular formula is C17H20F3NO2. The Morgan fingerprint density at radius 1 is 1.30 bits per heavy atom. The van der Waals surface area contributed by atoms with Crippen molar-refractivity contribution >= 4 is 5.91 Å². The van der Waals surface area contributed by atoms with Gasteiger partial charge in [0.25, 0.3) is 0 Å². The number of nitrogens with zero attached hydrogens (tertiary/aromatic N) is 1. The molecule has 1 aromatic carbocycles. The Morgan fingerprint density at radius 2 is 2.09 bits per heavy atom. The Labute approximate surface area is 133 Å². The van der Waals surface area contributed by atoms with Gasteiger partial charge in [0.05, 0.1) is 18.3 Å². The molecule has 2 fully saturated rings. The van der Waals surface area contributed by atoms with Gasteiger partial charge in [0.15, 0.2) is 0 Å². The zero-order chi connectivity index (χ0) is 16.4. The zero-order valence-corrected chi connectivity index (χ0v) is 12.8. The summed E-state index contributed by atoms with van der Waals surface area (Å²) in [6.45, 7) is 1.49. The standard InChI is InChI=1S/C17H20F3NO2/c18-17(19,20)14-6-1-3-12(9-14)10-15-11-21(7-8-23-15)16(22)13-4-2-5-13/h1,3,6,9,13,15H,2,4-5,7-8,10-11H2. The second-order valence-corrected chi connectivity index (χ2v) is 6.31. The van der Waals surface area contributed by atoms with E-state index < -0.39 is 11.7 Å². The molecule has 1 atom stereocenters. The summed E-state index contributed by atoms with van der Waals surface area (Å²) < 4.78 is 43.9. The number of hydrogen-bond acceptors (Lipinski definition) is 2. The van der Waals surface area contributed by atoms with Crippen molar-refractivity contribution in [3.05, 3.63) is 35.4 Å². The first-order valence-corrected chi connectivity index (χ1v) is 8.00. The summed E-state index contributed by atoms with van der Waals surface area (Å²) in [5.74, 6) is 0.316. The Hall–Kier alpha value is -1.56. The van der Waals surface area contributed by atoms with Gasteiger partial charge in [-0.15, -0.1) is 0 Å². The predicted octanol–water partition coefficient (Wildman–Crippen LogP) is 3.28. The highest BCUT2D eigenvalue weighted by Gasteiger charge is 2.33. The van der Waals surface area contributed by atoms with Crippen LogP contribution in [0.25, 0.3) is 0 Å². The monoisotopic (exact) mass is 327 g/mol. The van der Waals surface area contributed by atoms with Crippen LogP contribution in [0.2, 0.25) is 0 Å². The van der Waals surface area contributed by atoms with Crippen LogP contribution in [0.1, 0.15) is 30.4 Å². The highest BCUT2D eigenvalue weighted by Crippen LogP contribution is 2.31. The molecule has 1 aliphatic carbocycles. The lowest BCUT2D eigenvalue weighted by atomic mass is 9.84. The minimum Gasteiger partial charge on any atom is -0.374 e. The normalized spacial score (nSPS) is 22.7. The van der Waals surface area contributed by atoms with Crippen LogP contribution >= 0.6 is 0 Å².